The molecule has 1 atom stereocenters. The Labute approximate surface area is 138 Å². The first-order valence-electron chi connectivity index (χ1n) is 8.25. The molecule has 2 aromatic rings. The van der Waals surface area contributed by atoms with Crippen molar-refractivity contribution in [3.05, 3.63) is 64.7 Å². The fourth-order valence-electron chi connectivity index (χ4n) is 3.95. The summed E-state index contributed by atoms with van der Waals surface area (Å²) in [6.07, 6.45) is 5.01. The predicted octanol–water partition coefficient (Wildman–Crippen LogP) is 3.48. The molecule has 0 amide bonds. The van der Waals surface area contributed by atoms with Gasteiger partial charge in [-0.15, -0.1) is 0 Å². The van der Waals surface area contributed by atoms with E-state index in [1.165, 1.54) is 16.7 Å². The van der Waals surface area contributed by atoms with Crippen LogP contribution in [0.4, 0.5) is 0 Å². The van der Waals surface area contributed by atoms with Crippen molar-refractivity contribution in [2.75, 3.05) is 7.05 Å². The first-order valence-corrected chi connectivity index (χ1v) is 9.69. The molecule has 0 heterocycles. The maximum Gasteiger partial charge on any atom is 0.243 e. The summed E-state index contributed by atoms with van der Waals surface area (Å²) in [4.78, 5) is 0.435. The normalized spacial score (nSPS) is 19.8. The van der Waals surface area contributed by atoms with Crippen LogP contribution in [0.2, 0.25) is 0 Å². The Hall–Kier alpha value is -1.65. The zero-order chi connectivity index (χ0) is 16.0. The summed E-state index contributed by atoms with van der Waals surface area (Å²) in [6.45, 7) is 0. The molecule has 0 bridgehead atoms. The second-order valence-corrected chi connectivity index (χ2v) is 8.56. The van der Waals surface area contributed by atoms with E-state index in [2.05, 4.69) is 12.1 Å². The van der Waals surface area contributed by atoms with Gasteiger partial charge in [0, 0.05) is 7.05 Å². The van der Waals surface area contributed by atoms with Crippen LogP contribution in [0, 0.1) is 0 Å². The number of rotatable bonds is 3. The molecular weight excluding hydrogens is 306 g/mol. The first kappa shape index (κ1) is 14.9. The number of fused-ring (bicyclic) bond motifs is 2. The van der Waals surface area contributed by atoms with E-state index in [4.69, 9.17) is 0 Å². The van der Waals surface area contributed by atoms with Crippen molar-refractivity contribution >= 4 is 10.0 Å². The third-order valence-corrected chi connectivity index (χ3v) is 7.15. The average molecular weight is 327 g/mol. The molecular formula is C19H21NO2S. The van der Waals surface area contributed by atoms with Gasteiger partial charge in [-0.25, -0.2) is 8.42 Å². The number of aryl methyl sites for hydroxylation is 3. The number of hydrogen-bond acceptors (Lipinski definition) is 2. The van der Waals surface area contributed by atoms with Crippen LogP contribution < -0.4 is 0 Å². The molecule has 0 N–H and O–H groups in total. The van der Waals surface area contributed by atoms with Gasteiger partial charge in [-0.2, -0.15) is 4.31 Å². The SMILES string of the molecule is CN([C@@H]1CCc2ccccc21)S(=O)(=O)c1ccc2c(c1)CCC2. The van der Waals surface area contributed by atoms with Crippen molar-refractivity contribution in [3.63, 3.8) is 0 Å². The van der Waals surface area contributed by atoms with E-state index in [1.807, 2.05) is 24.3 Å². The van der Waals surface area contributed by atoms with E-state index in [1.54, 1.807) is 17.4 Å². The van der Waals surface area contributed by atoms with Gasteiger partial charge >= 0.3 is 0 Å². The van der Waals surface area contributed by atoms with E-state index >= 15 is 0 Å². The fraction of sp³-hybridized carbons (Fsp3) is 0.368. The summed E-state index contributed by atoms with van der Waals surface area (Å²) in [5.74, 6) is 0. The summed E-state index contributed by atoms with van der Waals surface area (Å²) in [5.41, 5.74) is 4.93. The van der Waals surface area contributed by atoms with E-state index in [0.717, 1.165) is 37.7 Å². The summed E-state index contributed by atoms with van der Waals surface area (Å²) in [6, 6.07) is 13.8. The largest absolute Gasteiger partial charge is 0.243 e. The van der Waals surface area contributed by atoms with Crippen molar-refractivity contribution in [2.45, 2.75) is 43.0 Å². The minimum Gasteiger partial charge on any atom is -0.207 e. The quantitative estimate of drug-likeness (QED) is 0.865. The van der Waals surface area contributed by atoms with Crippen LogP contribution in [0.25, 0.3) is 0 Å². The lowest BCUT2D eigenvalue weighted by Crippen LogP contribution is -2.30. The number of sulfonamides is 1. The van der Waals surface area contributed by atoms with Crippen molar-refractivity contribution in [1.29, 1.82) is 0 Å². The van der Waals surface area contributed by atoms with Crippen molar-refractivity contribution < 1.29 is 8.42 Å². The molecule has 2 aliphatic carbocycles. The number of benzene rings is 2. The van der Waals surface area contributed by atoms with Gasteiger partial charge in [0.2, 0.25) is 10.0 Å². The zero-order valence-electron chi connectivity index (χ0n) is 13.3. The van der Waals surface area contributed by atoms with Crippen LogP contribution in [0.1, 0.15) is 41.1 Å². The van der Waals surface area contributed by atoms with Crippen LogP contribution >= 0.6 is 0 Å². The van der Waals surface area contributed by atoms with Gasteiger partial charge in [0.25, 0.3) is 0 Å². The van der Waals surface area contributed by atoms with Crippen molar-refractivity contribution in [2.24, 2.45) is 0 Å². The molecule has 4 rings (SSSR count). The minimum atomic E-state index is -3.45. The summed E-state index contributed by atoms with van der Waals surface area (Å²) >= 11 is 0. The molecule has 2 aromatic carbocycles. The molecule has 0 saturated carbocycles. The van der Waals surface area contributed by atoms with Crippen LogP contribution in [0.15, 0.2) is 47.4 Å². The minimum absolute atomic E-state index is 0.0514. The Morgan fingerprint density at radius 3 is 2.61 bits per heavy atom. The molecule has 0 saturated heterocycles. The molecule has 3 nitrogen and oxygen atoms in total. The smallest absolute Gasteiger partial charge is 0.207 e. The first-order chi connectivity index (χ1) is 11.1. The van der Waals surface area contributed by atoms with Gasteiger partial charge in [-0.3, -0.25) is 0 Å². The molecule has 120 valence electrons. The average Bonchev–Trinajstić information content (AvgIpc) is 3.20. The topological polar surface area (TPSA) is 37.4 Å². The standard InChI is InChI=1S/C19H21NO2S/c1-20(19-12-10-15-5-2-3-8-18(15)19)23(21,22)17-11-9-14-6-4-7-16(14)13-17/h2-3,5,8-9,11,13,19H,4,6-7,10,12H2,1H3/t19-/m1/s1. The molecule has 0 radical (unpaired) electrons. The molecule has 0 spiro atoms. The van der Waals surface area contributed by atoms with Gasteiger partial charge in [0.05, 0.1) is 10.9 Å². The Morgan fingerprint density at radius 2 is 1.74 bits per heavy atom. The predicted molar refractivity (Wildman–Crippen MR) is 90.9 cm³/mol. The number of hydrogen-bond donors (Lipinski definition) is 0. The molecule has 0 fully saturated rings. The Bertz CT molecular complexity index is 857. The van der Waals surface area contributed by atoms with E-state index < -0.39 is 10.0 Å². The van der Waals surface area contributed by atoms with E-state index in [9.17, 15) is 8.42 Å². The van der Waals surface area contributed by atoms with Crippen LogP contribution in [-0.4, -0.2) is 19.8 Å². The second-order valence-electron chi connectivity index (χ2n) is 6.56. The highest BCUT2D eigenvalue weighted by molar-refractivity contribution is 7.89. The molecule has 0 unspecified atom stereocenters. The van der Waals surface area contributed by atoms with E-state index in [-0.39, 0.29) is 6.04 Å². The highest BCUT2D eigenvalue weighted by atomic mass is 32.2. The lowest BCUT2D eigenvalue weighted by atomic mass is 10.1. The van der Waals surface area contributed by atoms with Gasteiger partial charge in [-0.05, 0) is 66.5 Å². The van der Waals surface area contributed by atoms with Crippen molar-refractivity contribution in [3.8, 4) is 0 Å². The maximum atomic E-state index is 13.1. The molecule has 23 heavy (non-hydrogen) atoms. The summed E-state index contributed by atoms with van der Waals surface area (Å²) in [5, 5.41) is 0. The third kappa shape index (κ3) is 2.41. The highest BCUT2D eigenvalue weighted by Gasteiger charge is 2.33. The Morgan fingerprint density at radius 1 is 0.957 bits per heavy atom. The van der Waals surface area contributed by atoms with Gasteiger partial charge in [0.15, 0.2) is 0 Å². The second kappa shape index (κ2) is 5.46. The lowest BCUT2D eigenvalue weighted by Gasteiger charge is -2.25. The third-order valence-electron chi connectivity index (χ3n) is 5.29. The van der Waals surface area contributed by atoms with Crippen LogP contribution in [-0.2, 0) is 29.3 Å². The molecule has 4 heteroatoms. The van der Waals surface area contributed by atoms with Crippen molar-refractivity contribution in [1.82, 2.24) is 4.31 Å². The maximum absolute atomic E-state index is 13.1. The Balaban J connectivity index is 1.69. The van der Waals surface area contributed by atoms with Crippen LogP contribution in [0.3, 0.4) is 0 Å². The lowest BCUT2D eigenvalue weighted by molar-refractivity contribution is 0.374. The van der Waals surface area contributed by atoms with Gasteiger partial charge in [-0.1, -0.05) is 30.3 Å². The summed E-state index contributed by atoms with van der Waals surface area (Å²) in [7, 11) is -1.74. The molecule has 0 aromatic heterocycles. The molecule has 0 aliphatic heterocycles. The zero-order valence-corrected chi connectivity index (χ0v) is 14.1. The van der Waals surface area contributed by atoms with Gasteiger partial charge < -0.3 is 0 Å². The highest BCUT2D eigenvalue weighted by Crippen LogP contribution is 2.38. The molecule has 2 aliphatic rings. The van der Waals surface area contributed by atoms with Crippen LogP contribution in [0.5, 0.6) is 0 Å². The fourth-order valence-corrected chi connectivity index (χ4v) is 5.37. The Kier molecular flexibility index (Phi) is 3.54. The monoisotopic (exact) mass is 327 g/mol. The number of nitrogens with zero attached hydrogens (tertiary/aromatic N) is 1. The summed E-state index contributed by atoms with van der Waals surface area (Å²) < 4.78 is 27.7. The van der Waals surface area contributed by atoms with E-state index in [0.29, 0.717) is 4.90 Å². The van der Waals surface area contributed by atoms with Gasteiger partial charge in [0.1, 0.15) is 0 Å².